The predicted molar refractivity (Wildman–Crippen MR) is 72.2 cm³/mol. The smallest absolute Gasteiger partial charge is 0.156 e. The van der Waals surface area contributed by atoms with Gasteiger partial charge in [-0.25, -0.2) is 0 Å². The molecule has 0 amide bonds. The van der Waals surface area contributed by atoms with E-state index in [2.05, 4.69) is 29.1 Å². The second-order valence-corrected chi connectivity index (χ2v) is 5.95. The maximum absolute atomic E-state index is 4.61. The van der Waals surface area contributed by atoms with Crippen molar-refractivity contribution in [1.29, 1.82) is 0 Å². The molecule has 2 atom stereocenters. The van der Waals surface area contributed by atoms with Crippen LogP contribution in [-0.2, 0) is 0 Å². The number of piperidine rings is 1. The first-order valence-corrected chi connectivity index (χ1v) is 7.42. The Hall–Kier alpha value is -0.220. The van der Waals surface area contributed by atoms with E-state index in [-0.39, 0.29) is 0 Å². The van der Waals surface area contributed by atoms with Gasteiger partial charge in [-0.15, -0.1) is 0 Å². The number of likely N-dealkylation sites (tertiary alicyclic amines) is 1. The Morgan fingerprint density at radius 2 is 2.44 bits per heavy atom. The summed E-state index contributed by atoms with van der Waals surface area (Å²) < 4.78 is 0. The van der Waals surface area contributed by atoms with Gasteiger partial charge in [0.25, 0.3) is 0 Å². The molecule has 3 nitrogen and oxygen atoms in total. The van der Waals surface area contributed by atoms with Gasteiger partial charge in [-0.2, -0.15) is 0 Å². The molecule has 2 unspecified atom stereocenters. The van der Waals surface area contributed by atoms with Crippen LogP contribution >= 0.6 is 11.8 Å². The van der Waals surface area contributed by atoms with E-state index in [0.29, 0.717) is 6.04 Å². The molecule has 4 heteroatoms. The van der Waals surface area contributed by atoms with Crippen LogP contribution in [-0.4, -0.2) is 48.0 Å². The highest BCUT2D eigenvalue weighted by molar-refractivity contribution is 8.13. The molecule has 2 heterocycles. The lowest BCUT2D eigenvalue weighted by Gasteiger charge is -2.33. The third kappa shape index (κ3) is 3.39. The van der Waals surface area contributed by atoms with Gasteiger partial charge in [-0.3, -0.25) is 4.99 Å². The molecule has 1 fully saturated rings. The molecule has 0 aromatic rings. The number of amidine groups is 1. The predicted octanol–water partition coefficient (Wildman–Crippen LogP) is 1.80. The minimum absolute atomic E-state index is 0.619. The zero-order chi connectivity index (χ0) is 11.4. The van der Waals surface area contributed by atoms with Crippen molar-refractivity contribution in [2.45, 2.75) is 32.7 Å². The molecule has 0 aliphatic carbocycles. The van der Waals surface area contributed by atoms with Crippen molar-refractivity contribution in [2.75, 3.05) is 31.9 Å². The average Bonchev–Trinajstić information content (AvgIpc) is 2.32. The fourth-order valence-electron chi connectivity index (χ4n) is 2.28. The highest BCUT2D eigenvalue weighted by atomic mass is 32.2. The van der Waals surface area contributed by atoms with Crippen LogP contribution < -0.4 is 5.32 Å². The summed E-state index contributed by atoms with van der Waals surface area (Å²) in [7, 11) is 0. The van der Waals surface area contributed by atoms with Gasteiger partial charge in [0.15, 0.2) is 5.17 Å². The SMILES string of the molecule is CCN1CCCC(NC2=NCC(C)CS2)C1. The van der Waals surface area contributed by atoms with Crippen molar-refractivity contribution >= 4 is 16.9 Å². The molecule has 0 spiro atoms. The quantitative estimate of drug-likeness (QED) is 0.799. The first-order valence-electron chi connectivity index (χ1n) is 6.44. The first-order chi connectivity index (χ1) is 7.78. The second kappa shape index (κ2) is 5.92. The summed E-state index contributed by atoms with van der Waals surface area (Å²) >= 11 is 1.89. The Kier molecular flexibility index (Phi) is 4.53. The summed E-state index contributed by atoms with van der Waals surface area (Å²) in [4.78, 5) is 7.13. The Bertz CT molecular complexity index is 255. The van der Waals surface area contributed by atoms with Crippen molar-refractivity contribution < 1.29 is 0 Å². The Balaban J connectivity index is 1.80. The van der Waals surface area contributed by atoms with Crippen molar-refractivity contribution in [3.8, 4) is 0 Å². The lowest BCUT2D eigenvalue weighted by Crippen LogP contribution is -2.47. The molecule has 16 heavy (non-hydrogen) atoms. The zero-order valence-corrected chi connectivity index (χ0v) is 11.2. The maximum Gasteiger partial charge on any atom is 0.156 e. The molecular weight excluding hydrogens is 218 g/mol. The molecular formula is C12H23N3S. The van der Waals surface area contributed by atoms with Gasteiger partial charge < -0.3 is 10.2 Å². The molecule has 0 radical (unpaired) electrons. The monoisotopic (exact) mass is 241 g/mol. The fourth-order valence-corrected chi connectivity index (χ4v) is 3.24. The minimum atomic E-state index is 0.619. The average molecular weight is 241 g/mol. The molecule has 0 bridgehead atoms. The standard InChI is InChI=1S/C12H23N3S/c1-3-15-6-4-5-11(8-15)14-12-13-7-10(2)9-16-12/h10-11H,3-9H2,1-2H3,(H,13,14). The summed E-state index contributed by atoms with van der Waals surface area (Å²) in [6.07, 6.45) is 2.62. The van der Waals surface area contributed by atoms with E-state index in [0.717, 1.165) is 12.5 Å². The topological polar surface area (TPSA) is 27.6 Å². The van der Waals surface area contributed by atoms with E-state index in [1.54, 1.807) is 0 Å². The van der Waals surface area contributed by atoms with Gasteiger partial charge in [-0.1, -0.05) is 25.6 Å². The molecule has 0 aromatic carbocycles. The molecule has 0 aromatic heterocycles. The number of thioether (sulfide) groups is 1. The lowest BCUT2D eigenvalue weighted by molar-refractivity contribution is 0.210. The van der Waals surface area contributed by atoms with Gasteiger partial charge in [0, 0.05) is 24.9 Å². The van der Waals surface area contributed by atoms with E-state index >= 15 is 0 Å². The van der Waals surface area contributed by atoms with Crippen LogP contribution in [0.15, 0.2) is 4.99 Å². The van der Waals surface area contributed by atoms with Crippen LogP contribution in [0.25, 0.3) is 0 Å². The summed E-state index contributed by atoms with van der Waals surface area (Å²) in [6, 6.07) is 0.619. The van der Waals surface area contributed by atoms with Crippen molar-refractivity contribution in [3.05, 3.63) is 0 Å². The van der Waals surface area contributed by atoms with Crippen molar-refractivity contribution in [3.63, 3.8) is 0 Å². The highest BCUT2D eigenvalue weighted by Crippen LogP contribution is 2.17. The number of aliphatic imine (C=N–C) groups is 1. The van der Waals surface area contributed by atoms with E-state index in [4.69, 9.17) is 0 Å². The molecule has 2 rings (SSSR count). The molecule has 1 N–H and O–H groups in total. The molecule has 2 aliphatic heterocycles. The van der Waals surface area contributed by atoms with Crippen LogP contribution in [0.4, 0.5) is 0 Å². The Morgan fingerprint density at radius 1 is 1.56 bits per heavy atom. The molecule has 1 saturated heterocycles. The number of nitrogens with zero attached hydrogens (tertiary/aromatic N) is 2. The van der Waals surface area contributed by atoms with Gasteiger partial charge in [0.05, 0.1) is 0 Å². The van der Waals surface area contributed by atoms with Crippen LogP contribution in [0, 0.1) is 5.92 Å². The largest absolute Gasteiger partial charge is 0.361 e. The Morgan fingerprint density at radius 3 is 3.12 bits per heavy atom. The molecule has 0 saturated carbocycles. The third-order valence-electron chi connectivity index (χ3n) is 3.33. The summed E-state index contributed by atoms with van der Waals surface area (Å²) in [6.45, 7) is 9.15. The summed E-state index contributed by atoms with van der Waals surface area (Å²) in [5, 5.41) is 4.80. The lowest BCUT2D eigenvalue weighted by atomic mass is 10.1. The van der Waals surface area contributed by atoms with Gasteiger partial charge in [0.2, 0.25) is 0 Å². The van der Waals surface area contributed by atoms with Crippen LogP contribution in [0.1, 0.15) is 26.7 Å². The van der Waals surface area contributed by atoms with E-state index in [1.165, 1.54) is 43.4 Å². The van der Waals surface area contributed by atoms with Gasteiger partial charge in [-0.05, 0) is 31.8 Å². The van der Waals surface area contributed by atoms with Crippen LogP contribution in [0.3, 0.4) is 0 Å². The van der Waals surface area contributed by atoms with E-state index in [9.17, 15) is 0 Å². The number of likely N-dealkylation sites (N-methyl/N-ethyl adjacent to an activating group) is 1. The maximum atomic E-state index is 4.61. The van der Waals surface area contributed by atoms with E-state index in [1.807, 2.05) is 11.8 Å². The first kappa shape index (κ1) is 12.2. The van der Waals surface area contributed by atoms with Crippen molar-refractivity contribution in [2.24, 2.45) is 10.9 Å². The zero-order valence-electron chi connectivity index (χ0n) is 10.4. The molecule has 2 aliphatic rings. The van der Waals surface area contributed by atoms with Crippen molar-refractivity contribution in [1.82, 2.24) is 10.2 Å². The molecule has 92 valence electrons. The summed E-state index contributed by atoms with van der Waals surface area (Å²) in [5.41, 5.74) is 0. The minimum Gasteiger partial charge on any atom is -0.361 e. The Labute approximate surface area is 103 Å². The van der Waals surface area contributed by atoms with Crippen LogP contribution in [0.5, 0.6) is 0 Å². The fraction of sp³-hybridized carbons (Fsp3) is 0.917. The van der Waals surface area contributed by atoms with Crippen LogP contribution in [0.2, 0.25) is 0 Å². The van der Waals surface area contributed by atoms with E-state index < -0.39 is 0 Å². The summed E-state index contributed by atoms with van der Waals surface area (Å²) in [5.74, 6) is 1.96. The number of hydrogen-bond donors (Lipinski definition) is 1. The number of nitrogens with one attached hydrogen (secondary N) is 1. The third-order valence-corrected chi connectivity index (χ3v) is 4.59. The normalized spacial score (nSPS) is 32.2. The second-order valence-electron chi connectivity index (χ2n) is 4.94. The van der Waals surface area contributed by atoms with Gasteiger partial charge in [0.1, 0.15) is 0 Å². The highest BCUT2D eigenvalue weighted by Gasteiger charge is 2.21. The van der Waals surface area contributed by atoms with Gasteiger partial charge >= 0.3 is 0 Å². The number of hydrogen-bond acceptors (Lipinski definition) is 4. The number of rotatable bonds is 2.